The second kappa shape index (κ2) is 8.98. The molecule has 1 saturated heterocycles. The Hall–Kier alpha value is -4.42. The average Bonchev–Trinajstić information content (AvgIpc) is 3.33. The number of fused-ring (bicyclic) bond motifs is 1. The molecular formula is C24H20N6O3. The number of anilines is 4. The van der Waals surface area contributed by atoms with E-state index in [1.54, 1.807) is 12.1 Å². The molecule has 1 aliphatic rings. The van der Waals surface area contributed by atoms with Crippen molar-refractivity contribution in [2.45, 2.75) is 0 Å². The zero-order valence-corrected chi connectivity index (χ0v) is 17.6. The van der Waals surface area contributed by atoms with Gasteiger partial charge in [-0.05, 0) is 29.7 Å². The highest BCUT2D eigenvalue weighted by molar-refractivity contribution is 6.01. The highest BCUT2D eigenvalue weighted by atomic mass is 16.5. The number of rotatable bonds is 5. The maximum Gasteiger partial charge on any atom is 0.320 e. The normalized spacial score (nSPS) is 13.5. The Balaban J connectivity index is 1.30. The van der Waals surface area contributed by atoms with Crippen molar-refractivity contribution >= 4 is 39.8 Å². The predicted molar refractivity (Wildman–Crippen MR) is 124 cm³/mol. The minimum atomic E-state index is -0.559. The van der Waals surface area contributed by atoms with Crippen LogP contribution >= 0.6 is 0 Å². The van der Waals surface area contributed by atoms with Crippen molar-refractivity contribution in [3.63, 3.8) is 0 Å². The lowest BCUT2D eigenvalue weighted by Crippen LogP contribution is -2.36. The zero-order chi connectivity index (χ0) is 22.6. The first-order chi connectivity index (χ1) is 16.2. The summed E-state index contributed by atoms with van der Waals surface area (Å²) in [6, 6.07) is 21.2. The molecular weight excluding hydrogens is 420 g/mol. The molecule has 2 heterocycles. The lowest BCUT2D eigenvalue weighted by Gasteiger charge is -2.29. The van der Waals surface area contributed by atoms with E-state index >= 15 is 0 Å². The molecule has 0 radical (unpaired) electrons. The van der Waals surface area contributed by atoms with Gasteiger partial charge in [-0.1, -0.05) is 41.5 Å². The molecule has 1 aromatic heterocycles. The lowest BCUT2D eigenvalue weighted by atomic mass is 10.1. The summed E-state index contributed by atoms with van der Waals surface area (Å²) in [6.45, 7) is 2.68. The fourth-order valence-corrected chi connectivity index (χ4v) is 3.78. The van der Waals surface area contributed by atoms with Crippen LogP contribution in [0.2, 0.25) is 0 Å². The molecule has 0 unspecified atom stereocenters. The monoisotopic (exact) mass is 440 g/mol. The molecule has 0 saturated carbocycles. The molecule has 1 amide bonds. The molecule has 5 rings (SSSR count). The van der Waals surface area contributed by atoms with Crippen molar-refractivity contribution in [3.8, 4) is 6.07 Å². The van der Waals surface area contributed by atoms with E-state index in [1.807, 2.05) is 48.5 Å². The van der Waals surface area contributed by atoms with Crippen LogP contribution in [0.3, 0.4) is 0 Å². The molecule has 3 aromatic carbocycles. The molecule has 2 N–H and O–H groups in total. The number of nitriles is 1. The van der Waals surface area contributed by atoms with Crippen LogP contribution in [-0.2, 0) is 4.74 Å². The largest absolute Gasteiger partial charge is 0.399 e. The maximum atomic E-state index is 12.6. The van der Waals surface area contributed by atoms with Gasteiger partial charge in [-0.2, -0.15) is 5.26 Å². The summed E-state index contributed by atoms with van der Waals surface area (Å²) in [6.07, 6.45) is 0. The van der Waals surface area contributed by atoms with E-state index in [1.165, 1.54) is 0 Å². The van der Waals surface area contributed by atoms with E-state index in [2.05, 4.69) is 31.8 Å². The topological polar surface area (TPSA) is 116 Å². The van der Waals surface area contributed by atoms with Crippen LogP contribution in [0, 0.1) is 11.3 Å². The summed E-state index contributed by atoms with van der Waals surface area (Å²) in [5.74, 6) is -0.745. The third-order valence-corrected chi connectivity index (χ3v) is 5.38. The lowest BCUT2D eigenvalue weighted by molar-refractivity contribution is 0.0991. The molecule has 1 fully saturated rings. The van der Waals surface area contributed by atoms with Gasteiger partial charge in [-0.25, -0.2) is 0 Å². The number of morpholine rings is 1. The first kappa shape index (κ1) is 20.5. The maximum absolute atomic E-state index is 12.6. The fraction of sp³-hybridized carbons (Fsp3) is 0.167. The van der Waals surface area contributed by atoms with Crippen molar-refractivity contribution < 1.29 is 13.9 Å². The number of ether oxygens (including phenoxy) is 1. The Morgan fingerprint density at radius 3 is 2.70 bits per heavy atom. The highest BCUT2D eigenvalue weighted by Gasteiger charge is 2.18. The summed E-state index contributed by atoms with van der Waals surface area (Å²) in [5, 5.41) is 25.2. The van der Waals surface area contributed by atoms with Gasteiger partial charge in [0.05, 0.1) is 30.2 Å². The second-order valence-electron chi connectivity index (χ2n) is 7.46. The standard InChI is InChI=1S/C24H20N6O3/c25-15-17-14-18(8-9-21(17)30-10-12-32-13-11-30)26-22(31)23-28-29-24(33-23)27-20-7-3-5-16-4-1-2-6-19(16)20/h1-9,14H,10-13H2,(H,26,31)(H,27,29). The van der Waals surface area contributed by atoms with Crippen molar-refractivity contribution in [2.24, 2.45) is 0 Å². The van der Waals surface area contributed by atoms with Crippen molar-refractivity contribution in [1.82, 2.24) is 10.2 Å². The molecule has 0 spiro atoms. The molecule has 164 valence electrons. The van der Waals surface area contributed by atoms with E-state index in [-0.39, 0.29) is 11.9 Å². The van der Waals surface area contributed by atoms with E-state index in [0.717, 1.165) is 35.2 Å². The Labute approximate surface area is 189 Å². The van der Waals surface area contributed by atoms with E-state index < -0.39 is 5.91 Å². The number of hydrogen-bond acceptors (Lipinski definition) is 8. The number of aromatic nitrogens is 2. The van der Waals surface area contributed by atoms with Gasteiger partial charge in [-0.3, -0.25) is 4.79 Å². The molecule has 0 bridgehead atoms. The van der Waals surface area contributed by atoms with Crippen molar-refractivity contribution in [2.75, 3.05) is 41.8 Å². The smallest absolute Gasteiger partial charge is 0.320 e. The summed E-state index contributed by atoms with van der Waals surface area (Å²) in [5.41, 5.74) is 2.55. The van der Waals surface area contributed by atoms with Gasteiger partial charge in [0.2, 0.25) is 0 Å². The third-order valence-electron chi connectivity index (χ3n) is 5.38. The van der Waals surface area contributed by atoms with Crippen molar-refractivity contribution in [3.05, 3.63) is 72.1 Å². The first-order valence-electron chi connectivity index (χ1n) is 10.5. The number of carbonyl (C=O) groups is 1. The van der Waals surface area contributed by atoms with Crippen LogP contribution in [0.4, 0.5) is 23.1 Å². The Morgan fingerprint density at radius 2 is 1.85 bits per heavy atom. The second-order valence-corrected chi connectivity index (χ2v) is 7.46. The minimum Gasteiger partial charge on any atom is -0.399 e. The number of nitrogens with one attached hydrogen (secondary N) is 2. The SMILES string of the molecule is N#Cc1cc(NC(=O)c2nnc(Nc3cccc4ccccc34)o2)ccc1N1CCOCC1. The minimum absolute atomic E-state index is 0.108. The molecule has 0 atom stereocenters. The van der Waals surface area contributed by atoms with Crippen LogP contribution in [0.1, 0.15) is 16.2 Å². The van der Waals surface area contributed by atoms with Crippen LogP contribution < -0.4 is 15.5 Å². The van der Waals surface area contributed by atoms with Crippen LogP contribution in [0.25, 0.3) is 10.8 Å². The van der Waals surface area contributed by atoms with Crippen LogP contribution in [0.15, 0.2) is 65.1 Å². The summed E-state index contributed by atoms with van der Waals surface area (Å²) >= 11 is 0. The highest BCUT2D eigenvalue weighted by Crippen LogP contribution is 2.27. The summed E-state index contributed by atoms with van der Waals surface area (Å²) < 4.78 is 10.9. The number of benzene rings is 3. The van der Waals surface area contributed by atoms with Gasteiger partial charge in [0.15, 0.2) is 0 Å². The number of amides is 1. The van der Waals surface area contributed by atoms with Gasteiger partial charge < -0.3 is 24.7 Å². The molecule has 33 heavy (non-hydrogen) atoms. The zero-order valence-electron chi connectivity index (χ0n) is 17.6. The number of nitrogens with zero attached hydrogens (tertiary/aromatic N) is 4. The Bertz CT molecular complexity index is 1350. The summed E-state index contributed by atoms with van der Waals surface area (Å²) in [7, 11) is 0. The van der Waals surface area contributed by atoms with Crippen LogP contribution in [0.5, 0.6) is 0 Å². The molecule has 1 aliphatic heterocycles. The van der Waals surface area contributed by atoms with E-state index in [0.29, 0.717) is 24.5 Å². The van der Waals surface area contributed by atoms with E-state index in [4.69, 9.17) is 9.15 Å². The predicted octanol–water partition coefficient (Wildman–Crippen LogP) is 3.93. The number of carbonyl (C=O) groups excluding carboxylic acids is 1. The molecule has 9 nitrogen and oxygen atoms in total. The van der Waals surface area contributed by atoms with Gasteiger partial charge in [0.25, 0.3) is 0 Å². The van der Waals surface area contributed by atoms with E-state index in [9.17, 15) is 10.1 Å². The van der Waals surface area contributed by atoms with Crippen molar-refractivity contribution in [1.29, 1.82) is 5.26 Å². The van der Waals surface area contributed by atoms with Gasteiger partial charge in [-0.15, -0.1) is 5.10 Å². The summed E-state index contributed by atoms with van der Waals surface area (Å²) in [4.78, 5) is 14.7. The molecule has 4 aromatic rings. The van der Waals surface area contributed by atoms with Gasteiger partial charge in [0.1, 0.15) is 6.07 Å². The fourth-order valence-electron chi connectivity index (χ4n) is 3.78. The molecule has 9 heteroatoms. The van der Waals surface area contributed by atoms with Gasteiger partial charge >= 0.3 is 17.8 Å². The quantitative estimate of drug-likeness (QED) is 0.480. The average molecular weight is 440 g/mol. The van der Waals surface area contributed by atoms with Gasteiger partial charge in [0, 0.05) is 24.2 Å². The Morgan fingerprint density at radius 1 is 1.03 bits per heavy atom. The molecule has 0 aliphatic carbocycles. The van der Waals surface area contributed by atoms with Crippen LogP contribution in [-0.4, -0.2) is 42.4 Å². The number of hydrogen-bond donors (Lipinski definition) is 2. The Kier molecular flexibility index (Phi) is 5.57. The first-order valence-corrected chi connectivity index (χ1v) is 10.5. The third kappa shape index (κ3) is 4.33.